The van der Waals surface area contributed by atoms with E-state index in [4.69, 9.17) is 9.78 Å². The van der Waals surface area contributed by atoms with Gasteiger partial charge in [0, 0.05) is 22.8 Å². The van der Waals surface area contributed by atoms with Gasteiger partial charge in [0.15, 0.2) is 5.82 Å². The van der Waals surface area contributed by atoms with Crippen LogP contribution in [0.15, 0.2) is 28.8 Å². The molecule has 19 heavy (non-hydrogen) atoms. The normalized spacial score (nSPS) is 19.0. The van der Waals surface area contributed by atoms with Gasteiger partial charge in [-0.2, -0.15) is 22.0 Å². The van der Waals surface area contributed by atoms with Gasteiger partial charge in [0.2, 0.25) is 0 Å². The number of benzene rings is 1. The SMILES string of the molecule is N#Cc1cccc(-c2nc(C3CSCCS3)no2)c1. The van der Waals surface area contributed by atoms with Gasteiger partial charge in [-0.15, -0.1) is 11.8 Å². The van der Waals surface area contributed by atoms with Crippen molar-refractivity contribution >= 4 is 23.5 Å². The summed E-state index contributed by atoms with van der Waals surface area (Å²) >= 11 is 3.80. The Morgan fingerprint density at radius 3 is 3.11 bits per heavy atom. The van der Waals surface area contributed by atoms with Crippen LogP contribution in [-0.2, 0) is 0 Å². The second-order valence-electron chi connectivity index (χ2n) is 4.08. The standard InChI is InChI=1S/C13H11N3OS2/c14-7-9-2-1-3-10(6-9)13-15-12(16-17-13)11-8-18-4-5-19-11/h1-3,6,11H,4-5,8H2. The van der Waals surface area contributed by atoms with E-state index in [1.54, 1.807) is 12.1 Å². The molecule has 3 rings (SSSR count). The summed E-state index contributed by atoms with van der Waals surface area (Å²) in [6.07, 6.45) is 0. The fraction of sp³-hybridized carbons (Fsp3) is 0.308. The summed E-state index contributed by atoms with van der Waals surface area (Å²) in [4.78, 5) is 4.46. The van der Waals surface area contributed by atoms with Crippen LogP contribution in [-0.4, -0.2) is 27.4 Å². The molecule has 1 unspecified atom stereocenters. The quantitative estimate of drug-likeness (QED) is 0.846. The molecule has 4 nitrogen and oxygen atoms in total. The van der Waals surface area contributed by atoms with E-state index >= 15 is 0 Å². The van der Waals surface area contributed by atoms with Gasteiger partial charge >= 0.3 is 0 Å². The molecule has 0 radical (unpaired) electrons. The lowest BCUT2D eigenvalue weighted by Crippen LogP contribution is -2.07. The molecule has 2 aromatic rings. The highest BCUT2D eigenvalue weighted by Gasteiger charge is 2.22. The highest BCUT2D eigenvalue weighted by Crippen LogP contribution is 2.35. The van der Waals surface area contributed by atoms with Crippen LogP contribution in [0, 0.1) is 11.3 Å². The third-order valence-corrected chi connectivity index (χ3v) is 5.54. The van der Waals surface area contributed by atoms with E-state index in [1.165, 1.54) is 5.75 Å². The Kier molecular flexibility index (Phi) is 3.76. The number of hydrogen-bond donors (Lipinski definition) is 0. The molecule has 0 bridgehead atoms. The largest absolute Gasteiger partial charge is 0.334 e. The van der Waals surface area contributed by atoms with E-state index in [2.05, 4.69) is 16.2 Å². The van der Waals surface area contributed by atoms with Gasteiger partial charge in [-0.25, -0.2) is 0 Å². The summed E-state index contributed by atoms with van der Waals surface area (Å²) < 4.78 is 5.31. The number of aromatic nitrogens is 2. The van der Waals surface area contributed by atoms with Crippen molar-refractivity contribution in [1.82, 2.24) is 10.1 Å². The second kappa shape index (κ2) is 5.68. The summed E-state index contributed by atoms with van der Waals surface area (Å²) in [6, 6.07) is 9.33. The number of nitriles is 1. The summed E-state index contributed by atoms with van der Waals surface area (Å²) in [5.74, 6) is 4.60. The lowest BCUT2D eigenvalue weighted by molar-refractivity contribution is 0.423. The highest BCUT2D eigenvalue weighted by atomic mass is 32.2. The Hall–Kier alpha value is -1.45. The molecule has 1 aromatic carbocycles. The summed E-state index contributed by atoms with van der Waals surface area (Å²) in [6.45, 7) is 0. The highest BCUT2D eigenvalue weighted by molar-refractivity contribution is 8.06. The molecule has 1 atom stereocenters. The number of hydrogen-bond acceptors (Lipinski definition) is 6. The number of nitrogens with zero attached hydrogens (tertiary/aromatic N) is 3. The first kappa shape index (κ1) is 12.6. The van der Waals surface area contributed by atoms with E-state index in [0.29, 0.717) is 16.7 Å². The Labute approximate surface area is 119 Å². The smallest absolute Gasteiger partial charge is 0.258 e. The van der Waals surface area contributed by atoms with E-state index in [-0.39, 0.29) is 0 Å². The van der Waals surface area contributed by atoms with Gasteiger partial charge < -0.3 is 4.52 Å². The Morgan fingerprint density at radius 1 is 1.37 bits per heavy atom. The summed E-state index contributed by atoms with van der Waals surface area (Å²) in [5.41, 5.74) is 1.39. The first-order chi connectivity index (χ1) is 9.36. The minimum atomic E-state index is 0.315. The first-order valence-electron chi connectivity index (χ1n) is 5.90. The van der Waals surface area contributed by atoms with Crippen LogP contribution in [0.2, 0.25) is 0 Å². The van der Waals surface area contributed by atoms with E-state index in [9.17, 15) is 0 Å². The van der Waals surface area contributed by atoms with Crippen LogP contribution < -0.4 is 0 Å². The molecule has 1 aliphatic rings. The summed E-state index contributed by atoms with van der Waals surface area (Å²) in [7, 11) is 0. The van der Waals surface area contributed by atoms with Crippen molar-refractivity contribution in [2.45, 2.75) is 5.25 Å². The summed E-state index contributed by atoms with van der Waals surface area (Å²) in [5, 5.41) is 13.3. The fourth-order valence-corrected chi connectivity index (χ4v) is 4.43. The van der Waals surface area contributed by atoms with E-state index in [0.717, 1.165) is 22.9 Å². The molecule has 1 aliphatic heterocycles. The van der Waals surface area contributed by atoms with Crippen molar-refractivity contribution in [2.75, 3.05) is 17.3 Å². The minimum Gasteiger partial charge on any atom is -0.334 e. The predicted octanol–water partition coefficient (Wildman–Crippen LogP) is 3.13. The maximum absolute atomic E-state index is 8.90. The van der Waals surface area contributed by atoms with E-state index in [1.807, 2.05) is 35.7 Å². The van der Waals surface area contributed by atoms with Crippen molar-refractivity contribution in [2.24, 2.45) is 0 Å². The van der Waals surface area contributed by atoms with Crippen molar-refractivity contribution in [1.29, 1.82) is 5.26 Å². The van der Waals surface area contributed by atoms with Crippen LogP contribution >= 0.6 is 23.5 Å². The Balaban J connectivity index is 1.86. The zero-order chi connectivity index (χ0) is 13.1. The monoisotopic (exact) mass is 289 g/mol. The molecule has 1 saturated heterocycles. The van der Waals surface area contributed by atoms with Crippen LogP contribution in [0.25, 0.3) is 11.5 Å². The second-order valence-corrected chi connectivity index (χ2v) is 6.55. The lowest BCUT2D eigenvalue weighted by atomic mass is 10.1. The maximum atomic E-state index is 8.90. The molecular formula is C13H11N3OS2. The number of thioether (sulfide) groups is 2. The molecule has 1 fully saturated rings. The zero-order valence-electron chi connectivity index (χ0n) is 10.1. The Morgan fingerprint density at radius 2 is 2.32 bits per heavy atom. The maximum Gasteiger partial charge on any atom is 0.258 e. The van der Waals surface area contributed by atoms with Crippen molar-refractivity contribution < 1.29 is 4.52 Å². The lowest BCUT2D eigenvalue weighted by Gasteiger charge is -2.16. The van der Waals surface area contributed by atoms with E-state index < -0.39 is 0 Å². The third-order valence-electron chi connectivity index (χ3n) is 2.78. The molecular weight excluding hydrogens is 278 g/mol. The van der Waals surface area contributed by atoms with Gasteiger partial charge in [-0.05, 0) is 18.2 Å². The van der Waals surface area contributed by atoms with Gasteiger partial charge in [0.1, 0.15) is 0 Å². The van der Waals surface area contributed by atoms with Crippen LogP contribution in [0.1, 0.15) is 16.6 Å². The third kappa shape index (κ3) is 2.77. The fourth-order valence-electron chi connectivity index (χ4n) is 1.84. The molecule has 96 valence electrons. The average molecular weight is 289 g/mol. The molecule has 0 amide bonds. The number of rotatable bonds is 2. The molecule has 2 heterocycles. The Bertz CT molecular complexity index is 614. The molecule has 6 heteroatoms. The molecule has 0 spiro atoms. The average Bonchev–Trinajstić information content (AvgIpc) is 2.98. The van der Waals surface area contributed by atoms with Gasteiger partial charge in [-0.3, -0.25) is 0 Å². The van der Waals surface area contributed by atoms with Crippen LogP contribution in [0.5, 0.6) is 0 Å². The van der Waals surface area contributed by atoms with Crippen molar-refractivity contribution in [3.8, 4) is 17.5 Å². The van der Waals surface area contributed by atoms with Gasteiger partial charge in [0.25, 0.3) is 5.89 Å². The minimum absolute atomic E-state index is 0.315. The predicted molar refractivity (Wildman–Crippen MR) is 77.0 cm³/mol. The van der Waals surface area contributed by atoms with Crippen LogP contribution in [0.4, 0.5) is 0 Å². The van der Waals surface area contributed by atoms with Crippen molar-refractivity contribution in [3.05, 3.63) is 35.7 Å². The van der Waals surface area contributed by atoms with Crippen molar-refractivity contribution in [3.63, 3.8) is 0 Å². The zero-order valence-corrected chi connectivity index (χ0v) is 11.7. The molecule has 0 N–H and O–H groups in total. The molecule has 0 saturated carbocycles. The first-order valence-corrected chi connectivity index (χ1v) is 8.10. The molecule has 1 aromatic heterocycles. The van der Waals surface area contributed by atoms with Gasteiger partial charge in [0.05, 0.1) is 16.9 Å². The van der Waals surface area contributed by atoms with Crippen LogP contribution in [0.3, 0.4) is 0 Å². The molecule has 0 aliphatic carbocycles. The topological polar surface area (TPSA) is 62.7 Å². The van der Waals surface area contributed by atoms with Gasteiger partial charge in [-0.1, -0.05) is 11.2 Å².